The van der Waals surface area contributed by atoms with Crippen molar-refractivity contribution in [2.75, 3.05) is 37.5 Å². The molecule has 5 aromatic rings. The van der Waals surface area contributed by atoms with E-state index in [1.807, 2.05) is 52.9 Å². The number of anilines is 2. The van der Waals surface area contributed by atoms with Gasteiger partial charge < -0.3 is 10.2 Å². The summed E-state index contributed by atoms with van der Waals surface area (Å²) >= 11 is 7.89. The number of hydrogen-bond donors (Lipinski definition) is 2. The van der Waals surface area contributed by atoms with E-state index < -0.39 is 0 Å². The number of nitrogens with zero attached hydrogens (tertiary/aromatic N) is 4. The summed E-state index contributed by atoms with van der Waals surface area (Å²) < 4.78 is 3.01. The van der Waals surface area contributed by atoms with Crippen molar-refractivity contribution in [1.29, 1.82) is 0 Å². The maximum Gasteiger partial charge on any atom is 0.217 e. The molecular formula is C28H29ClN6O2S. The summed E-state index contributed by atoms with van der Waals surface area (Å²) in [5, 5.41) is 4.51. The highest BCUT2D eigenvalue weighted by molar-refractivity contribution is 7.24. The Morgan fingerprint density at radius 3 is 2.95 bits per heavy atom. The quantitative estimate of drug-likeness (QED) is 0.183. The molecule has 4 aromatic heterocycles. The molecule has 5 heterocycles. The maximum absolute atomic E-state index is 13.6. The van der Waals surface area contributed by atoms with Gasteiger partial charge in [-0.3, -0.25) is 24.5 Å². The van der Waals surface area contributed by atoms with Crippen molar-refractivity contribution in [3.05, 3.63) is 75.7 Å². The maximum atomic E-state index is 13.6. The van der Waals surface area contributed by atoms with Crippen molar-refractivity contribution in [3.63, 3.8) is 0 Å². The van der Waals surface area contributed by atoms with Gasteiger partial charge in [0.15, 0.2) is 5.65 Å². The molecule has 1 atom stereocenters. The molecule has 0 saturated carbocycles. The summed E-state index contributed by atoms with van der Waals surface area (Å²) in [4.78, 5) is 31.9. The van der Waals surface area contributed by atoms with Crippen LogP contribution in [0.2, 0.25) is 5.02 Å². The van der Waals surface area contributed by atoms with Gasteiger partial charge in [-0.05, 0) is 75.3 Å². The Labute approximate surface area is 229 Å². The Bertz CT molecular complexity index is 1650. The van der Waals surface area contributed by atoms with Crippen molar-refractivity contribution >= 4 is 60.5 Å². The number of likely N-dealkylation sites (tertiary alicyclic amines) is 1. The van der Waals surface area contributed by atoms with Crippen LogP contribution in [0.15, 0.2) is 59.5 Å². The van der Waals surface area contributed by atoms with E-state index in [4.69, 9.17) is 21.4 Å². The van der Waals surface area contributed by atoms with Crippen molar-refractivity contribution in [2.45, 2.75) is 31.7 Å². The lowest BCUT2D eigenvalue weighted by Gasteiger charge is -2.19. The first kappa shape index (κ1) is 25.1. The molecule has 8 nitrogen and oxygen atoms in total. The number of hydrogen-bond acceptors (Lipinski definition) is 8. The smallest absolute Gasteiger partial charge is 0.217 e. The third-order valence-electron chi connectivity index (χ3n) is 7.16. The van der Waals surface area contributed by atoms with Gasteiger partial charge in [0.25, 0.3) is 0 Å². The number of fused-ring (bicyclic) bond motifs is 5. The standard InChI is InChI=1S/C28H29ClN6O2S/c1-34-15-4-6-20(34)12-16-37-33-25-26(36)21-8-10-24(31-14-11-19-5-2-3-13-30-19)32-27(21)35-22-17-18(29)7-9-23(22)38-28(25)35/h2-3,5,7-10,13,17,20,33H,4,6,11-12,14-16H2,1H3,(H,31,32). The Hall–Kier alpha value is -3.24. The van der Waals surface area contributed by atoms with Gasteiger partial charge in [-0.2, -0.15) is 0 Å². The van der Waals surface area contributed by atoms with Crippen LogP contribution in [0.25, 0.3) is 26.1 Å². The summed E-state index contributed by atoms with van der Waals surface area (Å²) in [7, 11) is 2.15. The fraction of sp³-hybridized carbons (Fsp3) is 0.321. The van der Waals surface area contributed by atoms with Gasteiger partial charge in [0.05, 0.1) is 22.2 Å². The molecule has 1 saturated heterocycles. The summed E-state index contributed by atoms with van der Waals surface area (Å²) in [6.45, 7) is 2.32. The molecule has 6 rings (SSSR count). The molecule has 0 amide bonds. The van der Waals surface area contributed by atoms with Crippen LogP contribution >= 0.6 is 22.9 Å². The second-order valence-electron chi connectivity index (χ2n) is 9.64. The normalized spacial score (nSPS) is 16.1. The zero-order valence-electron chi connectivity index (χ0n) is 21.1. The van der Waals surface area contributed by atoms with E-state index in [1.54, 1.807) is 6.20 Å². The molecule has 0 spiro atoms. The lowest BCUT2D eigenvalue weighted by Crippen LogP contribution is -2.26. The van der Waals surface area contributed by atoms with E-state index in [0.29, 0.717) is 46.8 Å². The fourth-order valence-corrected chi connectivity index (χ4v) is 6.41. The van der Waals surface area contributed by atoms with E-state index in [2.05, 4.69) is 27.7 Å². The zero-order chi connectivity index (χ0) is 26.1. The highest BCUT2D eigenvalue weighted by Gasteiger charge is 2.21. The molecule has 1 aliphatic heterocycles. The van der Waals surface area contributed by atoms with Crippen LogP contribution in [0.1, 0.15) is 25.0 Å². The molecule has 0 bridgehead atoms. The zero-order valence-corrected chi connectivity index (χ0v) is 22.7. The molecule has 1 unspecified atom stereocenters. The molecule has 196 valence electrons. The minimum Gasteiger partial charge on any atom is -0.370 e. The molecule has 0 radical (unpaired) electrons. The van der Waals surface area contributed by atoms with Crippen molar-refractivity contribution in [3.8, 4) is 0 Å². The number of pyridine rings is 3. The summed E-state index contributed by atoms with van der Waals surface area (Å²) in [5.41, 5.74) is 5.78. The first-order chi connectivity index (χ1) is 18.6. The molecule has 2 N–H and O–H groups in total. The minimum absolute atomic E-state index is 0.136. The third-order valence-corrected chi connectivity index (χ3v) is 8.54. The Kier molecular flexibility index (Phi) is 7.16. The van der Waals surface area contributed by atoms with Crippen molar-refractivity contribution in [2.24, 2.45) is 0 Å². The van der Waals surface area contributed by atoms with Gasteiger partial charge in [0.1, 0.15) is 16.3 Å². The van der Waals surface area contributed by atoms with Gasteiger partial charge in [0, 0.05) is 35.9 Å². The Morgan fingerprint density at radius 2 is 2.13 bits per heavy atom. The van der Waals surface area contributed by atoms with Crippen molar-refractivity contribution in [1.82, 2.24) is 19.3 Å². The molecule has 0 aliphatic carbocycles. The van der Waals surface area contributed by atoms with Crippen LogP contribution in [-0.4, -0.2) is 52.1 Å². The minimum atomic E-state index is -0.136. The highest BCUT2D eigenvalue weighted by atomic mass is 35.5. The number of thiazole rings is 1. The lowest BCUT2D eigenvalue weighted by atomic mass is 10.2. The summed E-state index contributed by atoms with van der Waals surface area (Å²) in [6, 6.07) is 15.8. The average molecular weight is 549 g/mol. The van der Waals surface area contributed by atoms with E-state index in [9.17, 15) is 4.79 Å². The van der Waals surface area contributed by atoms with E-state index in [1.165, 1.54) is 24.2 Å². The predicted molar refractivity (Wildman–Crippen MR) is 156 cm³/mol. The van der Waals surface area contributed by atoms with Gasteiger partial charge in [0.2, 0.25) is 5.43 Å². The van der Waals surface area contributed by atoms with Gasteiger partial charge in [-0.1, -0.05) is 17.7 Å². The Balaban J connectivity index is 1.33. The number of rotatable bonds is 9. The molecule has 10 heteroatoms. The van der Waals surface area contributed by atoms with Crippen molar-refractivity contribution < 1.29 is 4.84 Å². The molecule has 38 heavy (non-hydrogen) atoms. The first-order valence-electron chi connectivity index (χ1n) is 12.9. The van der Waals surface area contributed by atoms with E-state index in [-0.39, 0.29) is 5.43 Å². The third kappa shape index (κ3) is 4.94. The topological polar surface area (TPSA) is 83.8 Å². The number of aromatic nitrogens is 3. The highest BCUT2D eigenvalue weighted by Crippen LogP contribution is 2.34. The average Bonchev–Trinajstić information content (AvgIpc) is 3.51. The van der Waals surface area contributed by atoms with Crippen LogP contribution in [-0.2, 0) is 11.3 Å². The van der Waals surface area contributed by atoms with Crippen LogP contribution in [0.5, 0.6) is 0 Å². The van der Waals surface area contributed by atoms with Gasteiger partial charge in [-0.15, -0.1) is 11.3 Å². The van der Waals surface area contributed by atoms with Gasteiger partial charge in [-0.25, -0.2) is 4.98 Å². The molecule has 1 aromatic carbocycles. The van der Waals surface area contributed by atoms with Crippen LogP contribution in [0, 0.1) is 0 Å². The Morgan fingerprint density at radius 1 is 1.21 bits per heavy atom. The largest absolute Gasteiger partial charge is 0.370 e. The monoisotopic (exact) mass is 548 g/mol. The molecule has 1 aliphatic rings. The molecule has 1 fully saturated rings. The second kappa shape index (κ2) is 10.9. The summed E-state index contributed by atoms with van der Waals surface area (Å²) in [5.74, 6) is 0.695. The fourth-order valence-electron chi connectivity index (χ4n) is 5.13. The predicted octanol–water partition coefficient (Wildman–Crippen LogP) is 5.59. The number of benzene rings is 1. The van der Waals surface area contributed by atoms with Crippen LogP contribution < -0.4 is 16.2 Å². The lowest BCUT2D eigenvalue weighted by molar-refractivity contribution is 0.160. The number of halogens is 1. The van der Waals surface area contributed by atoms with E-state index in [0.717, 1.165) is 40.1 Å². The second-order valence-corrected chi connectivity index (χ2v) is 11.1. The number of nitrogens with one attached hydrogen (secondary N) is 2. The first-order valence-corrected chi connectivity index (χ1v) is 14.1. The van der Waals surface area contributed by atoms with Gasteiger partial charge >= 0.3 is 0 Å². The molecular weight excluding hydrogens is 520 g/mol. The summed E-state index contributed by atoms with van der Waals surface area (Å²) in [6.07, 6.45) is 5.88. The van der Waals surface area contributed by atoms with Crippen LogP contribution in [0.3, 0.4) is 0 Å². The van der Waals surface area contributed by atoms with E-state index >= 15 is 0 Å². The van der Waals surface area contributed by atoms with Crippen LogP contribution in [0.4, 0.5) is 11.5 Å². The SMILES string of the molecule is CN1CCCC1CCONc1c(=O)c2ccc(NCCc3ccccn3)nc2n2c1sc1ccc(Cl)cc12.